The lowest BCUT2D eigenvalue weighted by atomic mass is 10.1. The van der Waals surface area contributed by atoms with E-state index in [0.29, 0.717) is 9.35 Å². The van der Waals surface area contributed by atoms with Crippen molar-refractivity contribution in [1.82, 2.24) is 9.62 Å². The van der Waals surface area contributed by atoms with Crippen LogP contribution in [-0.2, 0) is 10.0 Å². The molecular formula is C11H15BrN2O3S2. The molecule has 1 aromatic heterocycles. The number of hydrogen-bond acceptors (Lipinski definition) is 4. The van der Waals surface area contributed by atoms with Crippen LogP contribution in [0.25, 0.3) is 0 Å². The first-order chi connectivity index (χ1) is 8.95. The third-order valence-electron chi connectivity index (χ3n) is 3.02. The second-order valence-corrected chi connectivity index (χ2v) is 8.29. The van der Waals surface area contributed by atoms with Gasteiger partial charge in [-0.05, 0) is 48.3 Å². The highest BCUT2D eigenvalue weighted by Crippen LogP contribution is 2.32. The summed E-state index contributed by atoms with van der Waals surface area (Å²) >= 11 is 4.21. The Balaban J connectivity index is 2.27. The number of amides is 1. The molecule has 0 radical (unpaired) electrons. The molecule has 1 aliphatic rings. The molecule has 0 aliphatic carbocycles. The third-order valence-corrected chi connectivity index (χ3v) is 7.24. The standard InChI is InChI=1S/C11H15BrN2O3S2/c1-13-19(16,17)11-8(12)7-9(18-11)10(15)14-5-3-2-4-6-14/h7,13H,2-6H2,1H3. The van der Waals surface area contributed by atoms with Crippen LogP contribution in [0.1, 0.15) is 28.9 Å². The van der Waals surface area contributed by atoms with Crippen LogP contribution in [0.15, 0.2) is 14.7 Å². The highest BCUT2D eigenvalue weighted by atomic mass is 79.9. The molecule has 5 nitrogen and oxygen atoms in total. The highest BCUT2D eigenvalue weighted by Gasteiger charge is 2.25. The maximum Gasteiger partial charge on any atom is 0.264 e. The molecule has 1 saturated heterocycles. The summed E-state index contributed by atoms with van der Waals surface area (Å²) in [5.74, 6) is -0.0806. The number of halogens is 1. The summed E-state index contributed by atoms with van der Waals surface area (Å²) in [5.41, 5.74) is 0. The highest BCUT2D eigenvalue weighted by molar-refractivity contribution is 9.10. The molecule has 0 atom stereocenters. The number of hydrogen-bond donors (Lipinski definition) is 1. The van der Waals surface area contributed by atoms with Crippen LogP contribution in [-0.4, -0.2) is 39.4 Å². The van der Waals surface area contributed by atoms with Crippen LogP contribution in [0, 0.1) is 0 Å². The van der Waals surface area contributed by atoms with E-state index >= 15 is 0 Å². The van der Waals surface area contributed by atoms with Gasteiger partial charge in [-0.25, -0.2) is 13.1 Å². The summed E-state index contributed by atoms with van der Waals surface area (Å²) in [7, 11) is -2.17. The Morgan fingerprint density at radius 1 is 1.37 bits per heavy atom. The minimum absolute atomic E-state index is 0.0806. The Morgan fingerprint density at radius 3 is 2.58 bits per heavy atom. The first kappa shape index (κ1) is 15.0. The second kappa shape index (κ2) is 5.90. The van der Waals surface area contributed by atoms with E-state index in [0.717, 1.165) is 43.7 Å². The zero-order chi connectivity index (χ0) is 14.0. The van der Waals surface area contributed by atoms with Crippen molar-refractivity contribution in [1.29, 1.82) is 0 Å². The van der Waals surface area contributed by atoms with E-state index in [1.807, 2.05) is 0 Å². The fourth-order valence-electron chi connectivity index (χ4n) is 1.99. The number of thiophene rings is 1. The molecule has 0 spiro atoms. The topological polar surface area (TPSA) is 66.5 Å². The monoisotopic (exact) mass is 366 g/mol. The smallest absolute Gasteiger partial charge is 0.264 e. The lowest BCUT2D eigenvalue weighted by molar-refractivity contribution is 0.0729. The number of carbonyl (C=O) groups excluding carboxylic acids is 1. The van der Waals surface area contributed by atoms with Crippen molar-refractivity contribution in [3.63, 3.8) is 0 Å². The third kappa shape index (κ3) is 3.18. The predicted octanol–water partition coefficient (Wildman–Crippen LogP) is 2.04. The van der Waals surface area contributed by atoms with Crippen molar-refractivity contribution >= 4 is 43.2 Å². The number of carbonyl (C=O) groups is 1. The molecule has 0 aromatic carbocycles. The van der Waals surface area contributed by atoms with Gasteiger partial charge in [-0.3, -0.25) is 4.79 Å². The molecule has 106 valence electrons. The molecule has 0 saturated carbocycles. The summed E-state index contributed by atoms with van der Waals surface area (Å²) in [6.45, 7) is 1.50. The SMILES string of the molecule is CNS(=O)(=O)c1sc(C(=O)N2CCCCC2)cc1Br. The molecule has 2 heterocycles. The van der Waals surface area contributed by atoms with Gasteiger partial charge < -0.3 is 4.90 Å². The zero-order valence-electron chi connectivity index (χ0n) is 10.5. The van der Waals surface area contributed by atoms with Gasteiger partial charge >= 0.3 is 0 Å². The Morgan fingerprint density at radius 2 is 2.00 bits per heavy atom. The molecule has 2 rings (SSSR count). The molecular weight excluding hydrogens is 352 g/mol. The predicted molar refractivity (Wildman–Crippen MR) is 78.0 cm³/mol. The largest absolute Gasteiger partial charge is 0.338 e. The van der Waals surface area contributed by atoms with Crippen molar-refractivity contribution in [3.8, 4) is 0 Å². The normalized spacial score (nSPS) is 16.6. The van der Waals surface area contributed by atoms with E-state index in [9.17, 15) is 13.2 Å². The minimum Gasteiger partial charge on any atom is -0.338 e. The first-order valence-corrected chi connectivity index (χ1v) is 9.07. The number of nitrogens with zero attached hydrogens (tertiary/aromatic N) is 1. The van der Waals surface area contributed by atoms with Gasteiger partial charge in [0, 0.05) is 17.6 Å². The van der Waals surface area contributed by atoms with E-state index in [1.54, 1.807) is 11.0 Å². The van der Waals surface area contributed by atoms with E-state index in [1.165, 1.54) is 7.05 Å². The van der Waals surface area contributed by atoms with Gasteiger partial charge in [-0.1, -0.05) is 0 Å². The maximum atomic E-state index is 12.3. The van der Waals surface area contributed by atoms with Crippen molar-refractivity contribution < 1.29 is 13.2 Å². The van der Waals surface area contributed by atoms with Gasteiger partial charge in [0.05, 0.1) is 4.88 Å². The van der Waals surface area contributed by atoms with Gasteiger partial charge in [0.2, 0.25) is 0 Å². The number of rotatable bonds is 3. The molecule has 1 aliphatic heterocycles. The lowest BCUT2D eigenvalue weighted by Gasteiger charge is -2.26. The van der Waals surface area contributed by atoms with E-state index in [2.05, 4.69) is 20.7 Å². The first-order valence-electron chi connectivity index (χ1n) is 5.98. The maximum absolute atomic E-state index is 12.3. The van der Waals surface area contributed by atoms with Crippen molar-refractivity contribution in [2.45, 2.75) is 23.5 Å². The van der Waals surface area contributed by atoms with Crippen LogP contribution in [0.5, 0.6) is 0 Å². The molecule has 1 fully saturated rings. The second-order valence-electron chi connectivity index (χ2n) is 4.31. The minimum atomic E-state index is -3.52. The van der Waals surface area contributed by atoms with Crippen LogP contribution in [0.4, 0.5) is 0 Å². The average Bonchev–Trinajstić information content (AvgIpc) is 2.82. The molecule has 1 aromatic rings. The fourth-order valence-corrected chi connectivity index (χ4v) is 5.46. The summed E-state index contributed by atoms with van der Waals surface area (Å²) in [5, 5.41) is 0. The Kier molecular flexibility index (Phi) is 4.65. The van der Waals surface area contributed by atoms with Gasteiger partial charge in [0.25, 0.3) is 15.9 Å². The molecule has 1 amide bonds. The van der Waals surface area contributed by atoms with E-state index in [4.69, 9.17) is 0 Å². The summed E-state index contributed by atoms with van der Waals surface area (Å²) in [4.78, 5) is 14.5. The van der Waals surface area contributed by atoms with Crippen LogP contribution in [0.2, 0.25) is 0 Å². The molecule has 0 unspecified atom stereocenters. The fraction of sp³-hybridized carbons (Fsp3) is 0.545. The van der Waals surface area contributed by atoms with E-state index < -0.39 is 10.0 Å². The summed E-state index contributed by atoms with van der Waals surface area (Å²) in [6, 6.07) is 1.59. The number of piperidine rings is 1. The van der Waals surface area contributed by atoms with Crippen LogP contribution >= 0.6 is 27.3 Å². The lowest BCUT2D eigenvalue weighted by Crippen LogP contribution is -2.35. The van der Waals surface area contributed by atoms with Crippen molar-refractivity contribution in [2.24, 2.45) is 0 Å². The molecule has 0 bridgehead atoms. The van der Waals surface area contributed by atoms with Crippen molar-refractivity contribution in [2.75, 3.05) is 20.1 Å². The summed E-state index contributed by atoms with van der Waals surface area (Å²) < 4.78 is 26.4. The Labute approximate surface area is 125 Å². The quantitative estimate of drug-likeness (QED) is 0.889. The van der Waals surface area contributed by atoms with E-state index in [-0.39, 0.29) is 10.1 Å². The van der Waals surface area contributed by atoms with Gasteiger partial charge in [-0.15, -0.1) is 11.3 Å². The van der Waals surface area contributed by atoms with Gasteiger partial charge in [0.1, 0.15) is 4.21 Å². The number of sulfonamides is 1. The molecule has 1 N–H and O–H groups in total. The number of likely N-dealkylation sites (tertiary alicyclic amines) is 1. The zero-order valence-corrected chi connectivity index (χ0v) is 13.7. The molecule has 19 heavy (non-hydrogen) atoms. The Hall–Kier alpha value is -0.440. The van der Waals surface area contributed by atoms with Crippen molar-refractivity contribution in [3.05, 3.63) is 15.4 Å². The van der Waals surface area contributed by atoms with Crippen LogP contribution < -0.4 is 4.72 Å². The average molecular weight is 367 g/mol. The van der Waals surface area contributed by atoms with Gasteiger partial charge in [0.15, 0.2) is 0 Å². The number of nitrogens with one attached hydrogen (secondary N) is 1. The summed E-state index contributed by atoms with van der Waals surface area (Å²) in [6.07, 6.45) is 3.18. The molecule has 8 heteroatoms. The van der Waals surface area contributed by atoms with Crippen LogP contribution in [0.3, 0.4) is 0 Å². The van der Waals surface area contributed by atoms with Gasteiger partial charge in [-0.2, -0.15) is 0 Å². The Bertz CT molecular complexity index is 577.